The van der Waals surface area contributed by atoms with Crippen LogP contribution in [-0.4, -0.2) is 63.7 Å². The van der Waals surface area contributed by atoms with Crippen molar-refractivity contribution in [2.45, 2.75) is 50.5 Å². The van der Waals surface area contributed by atoms with E-state index in [1.54, 1.807) is 24.3 Å². The number of benzene rings is 2. The van der Waals surface area contributed by atoms with Crippen LogP contribution in [0.1, 0.15) is 19.8 Å². The van der Waals surface area contributed by atoms with Crippen molar-refractivity contribution in [3.05, 3.63) is 58.8 Å². The average molecular weight is 486 g/mol. The molecule has 0 amide bonds. The molecule has 0 radical (unpaired) electrons. The lowest BCUT2D eigenvalue weighted by molar-refractivity contribution is -0.272. The van der Waals surface area contributed by atoms with Crippen LogP contribution < -0.4 is 10.2 Å². The second-order valence-corrected chi connectivity index (χ2v) is 8.19. The third-order valence-electron chi connectivity index (χ3n) is 5.64. The number of ether oxygens (including phenoxy) is 3. The number of aliphatic hydroxyl groups is 3. The van der Waals surface area contributed by atoms with E-state index in [0.29, 0.717) is 12.0 Å². The molecule has 4 N–H and O–H groups in total. The number of carbonyl (C=O) groups is 1. The lowest BCUT2D eigenvalue weighted by Crippen LogP contribution is -2.61. The van der Waals surface area contributed by atoms with Crippen molar-refractivity contribution in [3.63, 3.8) is 0 Å². The molecule has 4 rings (SSSR count). The number of unbranched alkanes of at least 4 members (excludes halogenated alkanes) is 1. The maximum Gasteiger partial charge on any atom is 0.338 e. The lowest BCUT2D eigenvalue weighted by atomic mass is 9.99. The van der Waals surface area contributed by atoms with E-state index in [-0.39, 0.29) is 29.1 Å². The molecule has 10 heteroatoms. The zero-order valence-electron chi connectivity index (χ0n) is 18.9. The number of fused-ring (bicyclic) bond motifs is 1. The van der Waals surface area contributed by atoms with Crippen LogP contribution in [0.2, 0.25) is 0 Å². The number of aromatic hydroxyl groups is 1. The van der Waals surface area contributed by atoms with Crippen molar-refractivity contribution < 1.29 is 43.8 Å². The van der Waals surface area contributed by atoms with Gasteiger partial charge in [0.1, 0.15) is 46.5 Å². The van der Waals surface area contributed by atoms with Gasteiger partial charge >= 0.3 is 5.97 Å². The number of hydrogen-bond donors (Lipinski definition) is 4. The van der Waals surface area contributed by atoms with E-state index in [1.807, 2.05) is 13.0 Å². The van der Waals surface area contributed by atoms with Crippen LogP contribution in [-0.2, 0) is 14.3 Å². The van der Waals surface area contributed by atoms with Crippen molar-refractivity contribution in [2.75, 3.05) is 6.61 Å². The van der Waals surface area contributed by atoms with Gasteiger partial charge in [0.25, 0.3) is 0 Å². The first-order chi connectivity index (χ1) is 16.8. The van der Waals surface area contributed by atoms with Gasteiger partial charge in [-0.1, -0.05) is 43.7 Å². The average Bonchev–Trinajstić information content (AvgIpc) is 2.84. The normalized spacial score (nSPS) is 24.3. The number of rotatable bonds is 7. The van der Waals surface area contributed by atoms with E-state index in [2.05, 4.69) is 0 Å². The maximum atomic E-state index is 12.6. The van der Waals surface area contributed by atoms with E-state index in [0.717, 1.165) is 12.5 Å². The van der Waals surface area contributed by atoms with Gasteiger partial charge < -0.3 is 39.1 Å². The summed E-state index contributed by atoms with van der Waals surface area (Å²) in [5, 5.41) is 41.1. The molecule has 0 saturated carbocycles. The summed E-state index contributed by atoms with van der Waals surface area (Å²) in [5.74, 6) is -1.16. The molecule has 0 aliphatic carbocycles. The van der Waals surface area contributed by atoms with Gasteiger partial charge in [-0.2, -0.15) is 0 Å². The number of hydrogen-bond acceptors (Lipinski definition) is 10. The topological polar surface area (TPSA) is 156 Å². The van der Waals surface area contributed by atoms with Crippen molar-refractivity contribution >= 4 is 16.9 Å². The Balaban J connectivity index is 1.62. The molecule has 0 spiro atoms. The molecule has 2 heterocycles. The predicted octanol–water partition coefficient (Wildman–Crippen LogP) is 1.70. The smallest absolute Gasteiger partial charge is 0.338 e. The van der Waals surface area contributed by atoms with Gasteiger partial charge in [-0.15, -0.1) is 0 Å². The Labute approximate surface area is 199 Å². The number of aliphatic hydroxyl groups excluding tert-OH is 3. The Bertz CT molecular complexity index is 1240. The Kier molecular flexibility index (Phi) is 7.37. The molecule has 5 atom stereocenters. The summed E-state index contributed by atoms with van der Waals surface area (Å²) in [6.45, 7) is 2.01. The van der Waals surface area contributed by atoms with Crippen LogP contribution in [0.15, 0.2) is 57.7 Å². The molecular formula is C25H26O10. The second kappa shape index (κ2) is 10.4. The Morgan fingerprint density at radius 2 is 1.77 bits per heavy atom. The molecule has 1 aliphatic heterocycles. The quantitative estimate of drug-likeness (QED) is 0.286. The Morgan fingerprint density at radius 1 is 1.03 bits per heavy atom. The molecule has 1 saturated heterocycles. The molecule has 1 aliphatic rings. The Hall–Kier alpha value is -3.44. The van der Waals surface area contributed by atoms with Gasteiger partial charge in [0, 0.05) is 23.8 Å². The predicted molar refractivity (Wildman–Crippen MR) is 123 cm³/mol. The summed E-state index contributed by atoms with van der Waals surface area (Å²) in [6.07, 6.45) is -7.06. The van der Waals surface area contributed by atoms with Crippen LogP contribution in [0.3, 0.4) is 0 Å². The molecular weight excluding hydrogens is 460 g/mol. The first-order valence-corrected chi connectivity index (χ1v) is 11.2. The monoisotopic (exact) mass is 486 g/mol. The molecule has 35 heavy (non-hydrogen) atoms. The van der Waals surface area contributed by atoms with Crippen molar-refractivity contribution in [1.82, 2.24) is 0 Å². The van der Waals surface area contributed by atoms with Gasteiger partial charge in [0.2, 0.25) is 6.29 Å². The number of phenols is 1. The molecule has 186 valence electrons. The fourth-order valence-electron chi connectivity index (χ4n) is 3.73. The third kappa shape index (κ3) is 5.15. The number of phenolic OH excluding ortho intramolecular Hbond substituents is 1. The summed E-state index contributed by atoms with van der Waals surface area (Å²) in [6, 6.07) is 12.6. The van der Waals surface area contributed by atoms with E-state index in [9.17, 15) is 30.0 Å². The second-order valence-electron chi connectivity index (χ2n) is 8.19. The molecule has 0 unspecified atom stereocenters. The zero-order valence-corrected chi connectivity index (χ0v) is 18.9. The molecule has 3 aromatic rings. The highest BCUT2D eigenvalue weighted by Crippen LogP contribution is 2.33. The zero-order chi connectivity index (χ0) is 25.1. The summed E-state index contributed by atoms with van der Waals surface area (Å²) in [4.78, 5) is 24.9. The summed E-state index contributed by atoms with van der Waals surface area (Å²) < 4.78 is 21.9. The lowest BCUT2D eigenvalue weighted by Gasteiger charge is -2.39. The fraction of sp³-hybridized carbons (Fsp3) is 0.360. The summed E-state index contributed by atoms with van der Waals surface area (Å²) >= 11 is 0. The number of carbonyl (C=O) groups excluding carboxylic acids is 1. The van der Waals surface area contributed by atoms with Crippen molar-refractivity contribution in [1.29, 1.82) is 0 Å². The van der Waals surface area contributed by atoms with E-state index in [4.69, 9.17) is 18.6 Å². The maximum absolute atomic E-state index is 12.6. The van der Waals surface area contributed by atoms with Gasteiger partial charge in [-0.25, -0.2) is 4.79 Å². The highest BCUT2D eigenvalue weighted by Gasteiger charge is 2.48. The van der Waals surface area contributed by atoms with Crippen molar-refractivity contribution in [2.24, 2.45) is 0 Å². The minimum absolute atomic E-state index is 0.00719. The van der Waals surface area contributed by atoms with Crippen LogP contribution in [0.5, 0.6) is 11.5 Å². The van der Waals surface area contributed by atoms with E-state index >= 15 is 0 Å². The Morgan fingerprint density at radius 3 is 2.49 bits per heavy atom. The molecule has 10 nitrogen and oxygen atoms in total. The van der Waals surface area contributed by atoms with Crippen LogP contribution in [0.4, 0.5) is 0 Å². The molecule has 2 aromatic carbocycles. The molecule has 0 bridgehead atoms. The van der Waals surface area contributed by atoms with Gasteiger partial charge in [0.15, 0.2) is 11.5 Å². The standard InChI is InChI=1S/C25H26O10/c1-2-3-9-32-24(31)23-21(29)20(28)22(30)25(35-23)33-14-10-15(26)19-16(27)12-17(34-18(19)11-14)13-7-5-4-6-8-13/h4-8,10-12,20-23,25-26,28-30H,2-3,9H2,1H3/t20-,21-,22+,23-,25+/m0/s1. The fourth-order valence-corrected chi connectivity index (χ4v) is 3.73. The third-order valence-corrected chi connectivity index (χ3v) is 5.64. The summed E-state index contributed by atoms with van der Waals surface area (Å²) in [7, 11) is 0. The minimum atomic E-state index is -1.77. The highest BCUT2D eigenvalue weighted by atomic mass is 16.7. The minimum Gasteiger partial charge on any atom is -0.507 e. The van der Waals surface area contributed by atoms with Crippen LogP contribution >= 0.6 is 0 Å². The number of esters is 1. The van der Waals surface area contributed by atoms with Crippen LogP contribution in [0.25, 0.3) is 22.3 Å². The SMILES string of the molecule is CCCCOC(=O)[C@H]1O[C@@H](Oc2cc(O)c3c(=O)cc(-c4ccccc4)oc3c2)[C@H](O)[C@@H](O)[C@@H]1O. The van der Waals surface area contributed by atoms with Gasteiger partial charge in [-0.3, -0.25) is 4.79 Å². The van der Waals surface area contributed by atoms with Crippen molar-refractivity contribution in [3.8, 4) is 22.8 Å². The van der Waals surface area contributed by atoms with E-state index < -0.39 is 47.9 Å². The van der Waals surface area contributed by atoms with Crippen LogP contribution in [0, 0.1) is 0 Å². The molecule has 1 aromatic heterocycles. The first-order valence-electron chi connectivity index (χ1n) is 11.2. The van der Waals surface area contributed by atoms with Gasteiger partial charge in [-0.05, 0) is 6.42 Å². The molecule has 1 fully saturated rings. The summed E-state index contributed by atoms with van der Waals surface area (Å²) in [5.41, 5.74) is 0.175. The first kappa shape index (κ1) is 24.7. The largest absolute Gasteiger partial charge is 0.507 e. The van der Waals surface area contributed by atoms with E-state index in [1.165, 1.54) is 12.1 Å². The highest BCUT2D eigenvalue weighted by molar-refractivity contribution is 5.86. The van der Waals surface area contributed by atoms with Gasteiger partial charge in [0.05, 0.1) is 6.61 Å².